The summed E-state index contributed by atoms with van der Waals surface area (Å²) < 4.78 is 0. The standard InChI is InChI=1S/C27H29N3O2.2ClH/c31-30(32)25-16-8-7-14-23(25)18-28-19-24-15-9-17-29(24)26(20-28)27(21-10-3-1-4-11-21)22-12-5-2-6-13-22;;/h1-8,10-14,16,24,26-27H,9,15,17-20H2;2*1H/t24-,26?;;/m0../s1. The maximum atomic E-state index is 11.6. The van der Waals surface area contributed by atoms with Crippen molar-refractivity contribution in [3.05, 3.63) is 112 Å². The molecule has 0 radical (unpaired) electrons. The van der Waals surface area contributed by atoms with Crippen LogP contribution in [-0.4, -0.2) is 46.4 Å². The van der Waals surface area contributed by atoms with Crippen LogP contribution in [0.2, 0.25) is 0 Å². The van der Waals surface area contributed by atoms with E-state index in [4.69, 9.17) is 0 Å². The van der Waals surface area contributed by atoms with Crippen molar-refractivity contribution in [2.45, 2.75) is 37.4 Å². The van der Waals surface area contributed by atoms with E-state index in [0.717, 1.165) is 25.2 Å². The third kappa shape index (κ3) is 5.44. The van der Waals surface area contributed by atoms with Gasteiger partial charge in [0.15, 0.2) is 0 Å². The molecule has 0 amide bonds. The molecule has 1 unspecified atom stereocenters. The van der Waals surface area contributed by atoms with Crippen LogP contribution in [-0.2, 0) is 6.54 Å². The molecule has 5 rings (SSSR count). The Morgan fingerprint density at radius 2 is 1.44 bits per heavy atom. The van der Waals surface area contributed by atoms with E-state index in [0.29, 0.717) is 18.6 Å². The molecule has 34 heavy (non-hydrogen) atoms. The molecule has 3 aromatic rings. The Balaban J connectivity index is 0.00000162. The minimum Gasteiger partial charge on any atom is -0.296 e. The Morgan fingerprint density at radius 3 is 2.06 bits per heavy atom. The van der Waals surface area contributed by atoms with Gasteiger partial charge in [0.2, 0.25) is 0 Å². The van der Waals surface area contributed by atoms with Gasteiger partial charge in [0.25, 0.3) is 5.69 Å². The van der Waals surface area contributed by atoms with Crippen molar-refractivity contribution in [2.75, 3.05) is 19.6 Å². The predicted molar refractivity (Wildman–Crippen MR) is 141 cm³/mol. The van der Waals surface area contributed by atoms with Crippen LogP contribution in [0.1, 0.15) is 35.4 Å². The fraction of sp³-hybridized carbons (Fsp3) is 0.333. The highest BCUT2D eigenvalue weighted by atomic mass is 35.5. The highest BCUT2D eigenvalue weighted by Crippen LogP contribution is 2.38. The van der Waals surface area contributed by atoms with E-state index in [1.807, 2.05) is 12.1 Å². The normalized spacial score (nSPS) is 20.3. The summed E-state index contributed by atoms with van der Waals surface area (Å²) in [5.41, 5.74) is 3.70. The van der Waals surface area contributed by atoms with Gasteiger partial charge in [-0.25, -0.2) is 0 Å². The third-order valence-electron chi connectivity index (χ3n) is 7.05. The van der Waals surface area contributed by atoms with Crippen LogP contribution in [0, 0.1) is 10.1 Å². The number of nitro groups is 1. The Bertz CT molecular complexity index is 1030. The zero-order valence-electron chi connectivity index (χ0n) is 19.0. The predicted octanol–water partition coefficient (Wildman–Crippen LogP) is 5.92. The molecule has 5 nitrogen and oxygen atoms in total. The first kappa shape index (κ1) is 26.2. The summed E-state index contributed by atoms with van der Waals surface area (Å²) in [6.07, 6.45) is 2.41. The molecule has 0 aliphatic carbocycles. The molecule has 0 aromatic heterocycles. The van der Waals surface area contributed by atoms with Gasteiger partial charge in [-0.3, -0.25) is 19.9 Å². The van der Waals surface area contributed by atoms with E-state index in [2.05, 4.69) is 70.5 Å². The number of nitrogens with zero attached hydrogens (tertiary/aromatic N) is 3. The van der Waals surface area contributed by atoms with E-state index in [1.54, 1.807) is 12.1 Å². The summed E-state index contributed by atoms with van der Waals surface area (Å²) in [5, 5.41) is 11.6. The van der Waals surface area contributed by atoms with E-state index in [9.17, 15) is 10.1 Å². The number of para-hydroxylation sites is 1. The van der Waals surface area contributed by atoms with Crippen LogP contribution in [0.3, 0.4) is 0 Å². The number of fused-ring (bicyclic) bond motifs is 1. The molecule has 7 heteroatoms. The average Bonchev–Trinajstić information content (AvgIpc) is 3.30. The molecule has 180 valence electrons. The SMILES string of the molecule is Cl.Cl.O=[N+]([O-])c1ccccc1CN1CC(C(c2ccccc2)c2ccccc2)N2CCC[C@H]2C1. The van der Waals surface area contributed by atoms with Gasteiger partial charge in [-0.1, -0.05) is 78.9 Å². The van der Waals surface area contributed by atoms with Gasteiger partial charge in [0.1, 0.15) is 0 Å². The van der Waals surface area contributed by atoms with Gasteiger partial charge in [-0.15, -0.1) is 24.8 Å². The number of hydrogen-bond donors (Lipinski definition) is 0. The van der Waals surface area contributed by atoms with Crippen LogP contribution < -0.4 is 0 Å². The second-order valence-corrected chi connectivity index (χ2v) is 8.98. The lowest BCUT2D eigenvalue weighted by Crippen LogP contribution is -2.57. The van der Waals surface area contributed by atoms with Gasteiger partial charge < -0.3 is 0 Å². The highest BCUT2D eigenvalue weighted by Gasteiger charge is 2.42. The Labute approximate surface area is 213 Å². The van der Waals surface area contributed by atoms with Gasteiger partial charge in [-0.2, -0.15) is 0 Å². The molecule has 2 aliphatic heterocycles. The zero-order chi connectivity index (χ0) is 21.9. The van der Waals surface area contributed by atoms with Crippen LogP contribution in [0.5, 0.6) is 0 Å². The summed E-state index contributed by atoms with van der Waals surface area (Å²) in [7, 11) is 0. The summed E-state index contributed by atoms with van der Waals surface area (Å²) in [6, 6.07) is 29.6. The highest BCUT2D eigenvalue weighted by molar-refractivity contribution is 5.85. The molecular formula is C27H31Cl2N3O2. The number of benzene rings is 3. The Kier molecular flexibility index (Phi) is 9.09. The molecule has 0 saturated carbocycles. The van der Waals surface area contributed by atoms with E-state index < -0.39 is 0 Å². The smallest absolute Gasteiger partial charge is 0.273 e. The molecule has 2 aliphatic rings. The topological polar surface area (TPSA) is 49.6 Å². The largest absolute Gasteiger partial charge is 0.296 e. The minimum absolute atomic E-state index is 0. The number of hydrogen-bond acceptors (Lipinski definition) is 4. The van der Waals surface area contributed by atoms with Crippen molar-refractivity contribution in [3.8, 4) is 0 Å². The maximum Gasteiger partial charge on any atom is 0.273 e. The molecule has 0 spiro atoms. The molecule has 0 bridgehead atoms. The molecule has 2 saturated heterocycles. The summed E-state index contributed by atoms with van der Waals surface area (Å²) in [5.74, 6) is 0.270. The molecule has 2 fully saturated rings. The Hall–Kier alpha value is -2.44. The van der Waals surface area contributed by atoms with Crippen molar-refractivity contribution in [2.24, 2.45) is 0 Å². The fourth-order valence-electron chi connectivity index (χ4n) is 5.68. The van der Waals surface area contributed by atoms with Gasteiger partial charge in [0, 0.05) is 49.3 Å². The van der Waals surface area contributed by atoms with Crippen molar-refractivity contribution in [1.29, 1.82) is 0 Å². The van der Waals surface area contributed by atoms with E-state index in [-0.39, 0.29) is 41.3 Å². The van der Waals surface area contributed by atoms with Gasteiger partial charge in [-0.05, 0) is 30.5 Å². The minimum atomic E-state index is -0.255. The maximum absolute atomic E-state index is 11.6. The van der Waals surface area contributed by atoms with Crippen molar-refractivity contribution in [1.82, 2.24) is 9.80 Å². The first-order valence-electron chi connectivity index (χ1n) is 11.5. The monoisotopic (exact) mass is 499 g/mol. The lowest BCUT2D eigenvalue weighted by molar-refractivity contribution is -0.385. The Morgan fingerprint density at radius 1 is 0.853 bits per heavy atom. The number of piperazine rings is 1. The summed E-state index contributed by atoms with van der Waals surface area (Å²) >= 11 is 0. The van der Waals surface area contributed by atoms with Gasteiger partial charge >= 0.3 is 0 Å². The van der Waals surface area contributed by atoms with Gasteiger partial charge in [0.05, 0.1) is 4.92 Å². The molecule has 3 aromatic carbocycles. The zero-order valence-corrected chi connectivity index (χ0v) is 20.7. The van der Waals surface area contributed by atoms with Crippen molar-refractivity contribution >= 4 is 30.5 Å². The van der Waals surface area contributed by atoms with Crippen molar-refractivity contribution in [3.63, 3.8) is 0 Å². The first-order chi connectivity index (χ1) is 15.7. The second-order valence-electron chi connectivity index (χ2n) is 8.98. The van der Waals surface area contributed by atoms with Crippen LogP contribution in [0.15, 0.2) is 84.9 Å². The average molecular weight is 500 g/mol. The fourth-order valence-corrected chi connectivity index (χ4v) is 5.68. The quantitative estimate of drug-likeness (QED) is 0.312. The number of halogens is 2. The number of nitro benzene ring substituents is 1. The lowest BCUT2D eigenvalue weighted by atomic mass is 9.82. The molecule has 0 N–H and O–H groups in total. The van der Waals surface area contributed by atoms with Crippen LogP contribution in [0.25, 0.3) is 0 Å². The van der Waals surface area contributed by atoms with E-state index >= 15 is 0 Å². The molecular weight excluding hydrogens is 469 g/mol. The second kappa shape index (κ2) is 11.8. The lowest BCUT2D eigenvalue weighted by Gasteiger charge is -2.47. The first-order valence-corrected chi connectivity index (χ1v) is 11.5. The van der Waals surface area contributed by atoms with E-state index in [1.165, 1.54) is 24.0 Å². The summed E-state index contributed by atoms with van der Waals surface area (Å²) in [4.78, 5) is 16.5. The molecule has 2 atom stereocenters. The number of rotatable bonds is 6. The van der Waals surface area contributed by atoms with Crippen LogP contribution in [0.4, 0.5) is 5.69 Å². The summed E-state index contributed by atoms with van der Waals surface area (Å²) in [6.45, 7) is 3.62. The van der Waals surface area contributed by atoms with Crippen LogP contribution >= 0.6 is 24.8 Å². The third-order valence-corrected chi connectivity index (χ3v) is 7.05. The molecule has 2 heterocycles. The van der Waals surface area contributed by atoms with Crippen molar-refractivity contribution < 1.29 is 4.92 Å².